The molecule has 1 N–H and O–H groups in total. The Balaban J connectivity index is 1.35. The van der Waals surface area contributed by atoms with E-state index in [4.69, 9.17) is 11.6 Å². The number of halogens is 1. The lowest BCUT2D eigenvalue weighted by Crippen LogP contribution is -2.22. The number of rotatable bonds is 6. The molecule has 6 nitrogen and oxygen atoms in total. The van der Waals surface area contributed by atoms with Crippen molar-refractivity contribution in [2.75, 3.05) is 5.32 Å². The predicted octanol–water partition coefficient (Wildman–Crippen LogP) is 4.90. The monoisotopic (exact) mass is 438 g/mol. The Morgan fingerprint density at radius 3 is 2.80 bits per heavy atom. The Kier molecular flexibility index (Phi) is 5.92. The fourth-order valence-corrected chi connectivity index (χ4v) is 4.03. The number of hydrogen-bond acceptors (Lipinski definition) is 5. The minimum atomic E-state index is -0.135. The van der Waals surface area contributed by atoms with Gasteiger partial charge in [-0.2, -0.15) is 0 Å². The lowest BCUT2D eigenvalue weighted by Gasteiger charge is -2.07. The normalized spacial score (nSPS) is 11.0. The SMILES string of the molecule is Cc1cccc2c(=O)n(CCCC(=O)Nc3nc(-c4ccc(Cl)cc4)cs3)cnc12. The molecule has 2 heterocycles. The minimum absolute atomic E-state index is 0.0864. The number of aromatic nitrogens is 3. The second kappa shape index (κ2) is 8.77. The highest BCUT2D eigenvalue weighted by molar-refractivity contribution is 7.14. The van der Waals surface area contributed by atoms with Crippen molar-refractivity contribution in [1.82, 2.24) is 14.5 Å². The third-order valence-corrected chi connectivity index (χ3v) is 5.76. The number of hydrogen-bond donors (Lipinski definition) is 1. The molecule has 0 unspecified atom stereocenters. The number of carbonyl (C=O) groups excluding carboxylic acids is 1. The van der Waals surface area contributed by atoms with Crippen LogP contribution in [0.25, 0.3) is 22.2 Å². The van der Waals surface area contributed by atoms with E-state index in [9.17, 15) is 9.59 Å². The molecule has 0 bridgehead atoms. The van der Waals surface area contributed by atoms with Gasteiger partial charge in [0.15, 0.2) is 5.13 Å². The molecule has 4 aromatic rings. The van der Waals surface area contributed by atoms with Crippen molar-refractivity contribution >= 4 is 44.9 Å². The van der Waals surface area contributed by atoms with Crippen molar-refractivity contribution in [1.29, 1.82) is 0 Å². The molecular weight excluding hydrogens is 420 g/mol. The summed E-state index contributed by atoms with van der Waals surface area (Å²) in [6.07, 6.45) is 2.36. The summed E-state index contributed by atoms with van der Waals surface area (Å²) in [6, 6.07) is 12.9. The fraction of sp³-hybridized carbons (Fsp3) is 0.182. The van der Waals surface area contributed by atoms with E-state index in [0.717, 1.165) is 22.3 Å². The number of aryl methyl sites for hydroxylation is 2. The minimum Gasteiger partial charge on any atom is -0.302 e. The first-order chi connectivity index (χ1) is 14.5. The van der Waals surface area contributed by atoms with Crippen molar-refractivity contribution in [3.8, 4) is 11.3 Å². The molecule has 0 spiro atoms. The fourth-order valence-electron chi connectivity index (χ4n) is 3.17. The molecule has 8 heteroatoms. The molecule has 0 saturated carbocycles. The van der Waals surface area contributed by atoms with Crippen molar-refractivity contribution in [3.05, 3.63) is 75.1 Å². The number of para-hydroxylation sites is 1. The Morgan fingerprint density at radius 2 is 2.00 bits per heavy atom. The quantitative estimate of drug-likeness (QED) is 0.464. The van der Waals surface area contributed by atoms with Crippen LogP contribution in [0.1, 0.15) is 18.4 Å². The lowest BCUT2D eigenvalue weighted by atomic mass is 10.1. The number of amides is 1. The highest BCUT2D eigenvalue weighted by atomic mass is 35.5. The number of benzene rings is 2. The molecule has 0 aliphatic heterocycles. The molecule has 1 amide bonds. The first-order valence-corrected chi connectivity index (χ1v) is 10.7. The summed E-state index contributed by atoms with van der Waals surface area (Å²) >= 11 is 7.28. The summed E-state index contributed by atoms with van der Waals surface area (Å²) in [4.78, 5) is 33.7. The summed E-state index contributed by atoms with van der Waals surface area (Å²) in [7, 11) is 0. The second-order valence-electron chi connectivity index (χ2n) is 6.91. The van der Waals surface area contributed by atoms with E-state index in [1.807, 2.05) is 36.6 Å². The van der Waals surface area contributed by atoms with Gasteiger partial charge in [0.05, 0.1) is 22.9 Å². The maximum atomic E-state index is 12.6. The van der Waals surface area contributed by atoms with Crippen LogP contribution in [-0.2, 0) is 11.3 Å². The van der Waals surface area contributed by atoms with Crippen molar-refractivity contribution in [3.63, 3.8) is 0 Å². The predicted molar refractivity (Wildman–Crippen MR) is 121 cm³/mol. The summed E-state index contributed by atoms with van der Waals surface area (Å²) in [5.41, 5.74) is 3.33. The number of carbonyl (C=O) groups is 1. The summed E-state index contributed by atoms with van der Waals surface area (Å²) in [5.74, 6) is -0.135. The molecule has 2 aromatic heterocycles. The van der Waals surface area contributed by atoms with E-state index in [1.54, 1.807) is 29.1 Å². The maximum Gasteiger partial charge on any atom is 0.261 e. The highest BCUT2D eigenvalue weighted by Gasteiger charge is 2.10. The van der Waals surface area contributed by atoms with Gasteiger partial charge in [0.1, 0.15) is 0 Å². The zero-order valence-corrected chi connectivity index (χ0v) is 17.8. The van der Waals surface area contributed by atoms with E-state index in [-0.39, 0.29) is 17.9 Å². The largest absolute Gasteiger partial charge is 0.302 e. The Bertz CT molecular complexity index is 1260. The topological polar surface area (TPSA) is 76.9 Å². The number of fused-ring (bicyclic) bond motifs is 1. The second-order valence-corrected chi connectivity index (χ2v) is 8.21. The van der Waals surface area contributed by atoms with Crippen LogP contribution in [0.2, 0.25) is 5.02 Å². The Labute approximate surface area is 182 Å². The van der Waals surface area contributed by atoms with Crippen LogP contribution in [0.3, 0.4) is 0 Å². The first kappa shape index (κ1) is 20.3. The standard InChI is InChI=1S/C22H19ClN4O2S/c1-14-4-2-5-17-20(14)24-13-27(21(17)29)11-3-6-19(28)26-22-25-18(12-30-22)15-7-9-16(23)10-8-15/h2,4-5,7-10,12-13H,3,6,11H2,1H3,(H,25,26,28). The third kappa shape index (κ3) is 4.42. The molecule has 0 radical (unpaired) electrons. The maximum absolute atomic E-state index is 12.6. The average molecular weight is 439 g/mol. The van der Waals surface area contributed by atoms with Gasteiger partial charge >= 0.3 is 0 Å². The van der Waals surface area contributed by atoms with Gasteiger partial charge in [0, 0.05) is 28.9 Å². The van der Waals surface area contributed by atoms with Crippen LogP contribution in [0, 0.1) is 6.92 Å². The molecule has 0 atom stereocenters. The van der Waals surface area contributed by atoms with Gasteiger partial charge in [-0.25, -0.2) is 9.97 Å². The van der Waals surface area contributed by atoms with Crippen LogP contribution in [-0.4, -0.2) is 20.4 Å². The summed E-state index contributed by atoms with van der Waals surface area (Å²) < 4.78 is 1.55. The lowest BCUT2D eigenvalue weighted by molar-refractivity contribution is -0.116. The van der Waals surface area contributed by atoms with Crippen LogP contribution >= 0.6 is 22.9 Å². The first-order valence-electron chi connectivity index (χ1n) is 9.47. The summed E-state index contributed by atoms with van der Waals surface area (Å²) in [5, 5.41) is 6.52. The smallest absolute Gasteiger partial charge is 0.261 e. The molecule has 2 aromatic carbocycles. The van der Waals surface area contributed by atoms with E-state index < -0.39 is 0 Å². The van der Waals surface area contributed by atoms with Gasteiger partial charge in [-0.05, 0) is 37.1 Å². The average Bonchev–Trinajstić information content (AvgIpc) is 3.19. The van der Waals surface area contributed by atoms with Crippen LogP contribution in [0.15, 0.2) is 59.0 Å². The van der Waals surface area contributed by atoms with Crippen LogP contribution in [0.5, 0.6) is 0 Å². The summed E-state index contributed by atoms with van der Waals surface area (Å²) in [6.45, 7) is 2.36. The number of thiazole rings is 1. The van der Waals surface area contributed by atoms with Crippen molar-refractivity contribution in [2.24, 2.45) is 0 Å². The number of anilines is 1. The molecule has 0 aliphatic rings. The van der Waals surface area contributed by atoms with Gasteiger partial charge in [0.25, 0.3) is 5.56 Å². The van der Waals surface area contributed by atoms with Gasteiger partial charge in [-0.1, -0.05) is 35.9 Å². The Hall–Kier alpha value is -3.03. The molecule has 4 rings (SSSR count). The third-order valence-electron chi connectivity index (χ3n) is 4.75. The van der Waals surface area contributed by atoms with Gasteiger partial charge in [0.2, 0.25) is 5.91 Å². The van der Waals surface area contributed by atoms with Crippen LogP contribution in [0.4, 0.5) is 5.13 Å². The molecule has 0 saturated heterocycles. The van der Waals surface area contributed by atoms with Crippen molar-refractivity contribution < 1.29 is 4.79 Å². The van der Waals surface area contributed by atoms with E-state index in [1.165, 1.54) is 11.3 Å². The molecule has 30 heavy (non-hydrogen) atoms. The highest BCUT2D eigenvalue weighted by Crippen LogP contribution is 2.26. The van der Waals surface area contributed by atoms with E-state index >= 15 is 0 Å². The zero-order valence-electron chi connectivity index (χ0n) is 16.3. The Morgan fingerprint density at radius 1 is 1.20 bits per heavy atom. The number of nitrogens with zero attached hydrogens (tertiary/aromatic N) is 3. The van der Waals surface area contributed by atoms with Crippen molar-refractivity contribution in [2.45, 2.75) is 26.3 Å². The number of nitrogens with one attached hydrogen (secondary N) is 1. The van der Waals surface area contributed by atoms with Gasteiger partial charge in [-0.3, -0.25) is 14.2 Å². The molecule has 0 aliphatic carbocycles. The molecular formula is C22H19ClN4O2S. The van der Waals surface area contributed by atoms with E-state index in [0.29, 0.717) is 28.5 Å². The van der Waals surface area contributed by atoms with Gasteiger partial charge < -0.3 is 5.32 Å². The van der Waals surface area contributed by atoms with Gasteiger partial charge in [-0.15, -0.1) is 11.3 Å². The zero-order chi connectivity index (χ0) is 21.1. The van der Waals surface area contributed by atoms with Crippen LogP contribution < -0.4 is 10.9 Å². The molecule has 152 valence electrons. The van der Waals surface area contributed by atoms with E-state index in [2.05, 4.69) is 15.3 Å². The molecule has 0 fully saturated rings.